The van der Waals surface area contributed by atoms with E-state index >= 15 is 0 Å². The molecular formula is C43H68. The molecule has 0 aromatic heterocycles. The predicted octanol–water partition coefficient (Wildman–Crippen LogP) is 14.0. The van der Waals surface area contributed by atoms with E-state index in [-0.39, 0.29) is 0 Å². The van der Waals surface area contributed by atoms with Crippen LogP contribution >= 0.6 is 0 Å². The van der Waals surface area contributed by atoms with Crippen molar-refractivity contribution in [3.63, 3.8) is 0 Å². The van der Waals surface area contributed by atoms with Crippen LogP contribution in [0.5, 0.6) is 0 Å². The molecule has 240 valence electrons. The molecule has 0 nitrogen and oxygen atoms in total. The number of hydrogen-bond acceptors (Lipinski definition) is 0. The first-order valence-corrected chi connectivity index (χ1v) is 17.0. The lowest BCUT2D eigenvalue weighted by molar-refractivity contribution is 0.744. The van der Waals surface area contributed by atoms with Crippen LogP contribution in [0.1, 0.15) is 136 Å². The largest absolute Gasteiger partial charge is 0.0958 e. The first-order chi connectivity index (χ1) is 20.5. The highest BCUT2D eigenvalue weighted by Gasteiger charge is 2.11. The van der Waals surface area contributed by atoms with Crippen LogP contribution in [-0.4, -0.2) is 0 Å². The summed E-state index contributed by atoms with van der Waals surface area (Å²) in [6.07, 6.45) is 18.3. The number of rotatable bonds is 13. The van der Waals surface area contributed by atoms with Gasteiger partial charge in [-0.3, -0.25) is 0 Å². The third-order valence-corrected chi connectivity index (χ3v) is 7.35. The number of aryl methyl sites for hydroxylation is 3. The van der Waals surface area contributed by atoms with Gasteiger partial charge in [-0.05, 0) is 119 Å². The molecule has 43 heavy (non-hydrogen) atoms. The van der Waals surface area contributed by atoms with E-state index in [1.807, 2.05) is 20.8 Å². The number of benzene rings is 2. The highest BCUT2D eigenvalue weighted by Crippen LogP contribution is 2.27. The zero-order valence-electron chi connectivity index (χ0n) is 30.5. The molecule has 0 fully saturated rings. The molecule has 1 atom stereocenters. The maximum Gasteiger partial charge on any atom is -0.0150 e. The molecule has 0 heterocycles. The van der Waals surface area contributed by atoms with Crippen LogP contribution in [0.3, 0.4) is 0 Å². The zero-order valence-corrected chi connectivity index (χ0v) is 30.5. The van der Waals surface area contributed by atoms with Crippen LogP contribution < -0.4 is 0 Å². The monoisotopic (exact) mass is 585 g/mol. The van der Waals surface area contributed by atoms with Gasteiger partial charge in [0.05, 0.1) is 0 Å². The van der Waals surface area contributed by atoms with Crippen molar-refractivity contribution in [2.75, 3.05) is 0 Å². The van der Waals surface area contributed by atoms with Crippen LogP contribution in [0.15, 0.2) is 96.6 Å². The quantitative estimate of drug-likeness (QED) is 0.125. The average molecular weight is 585 g/mol. The first kappa shape index (κ1) is 42.3. The SMILES string of the molecule is C/C=C\CCCC.C=C(C)/C(C)=C/C=C(C)C.C=C(c1ccc(CCCC)c(C)c1)C(C)Cc1cccc(CC)c1.CC. The van der Waals surface area contributed by atoms with Gasteiger partial charge in [0.1, 0.15) is 0 Å². The molecule has 0 amide bonds. The molecule has 0 radical (unpaired) electrons. The van der Waals surface area contributed by atoms with E-state index in [1.54, 1.807) is 0 Å². The Morgan fingerprint density at radius 3 is 1.98 bits per heavy atom. The minimum absolute atomic E-state index is 0.456. The van der Waals surface area contributed by atoms with Crippen LogP contribution in [-0.2, 0) is 19.3 Å². The fourth-order valence-corrected chi connectivity index (χ4v) is 4.20. The minimum Gasteiger partial charge on any atom is -0.0958 e. The number of hydrogen-bond donors (Lipinski definition) is 0. The lowest BCUT2D eigenvalue weighted by Crippen LogP contribution is -2.03. The van der Waals surface area contributed by atoms with Gasteiger partial charge in [0.25, 0.3) is 0 Å². The van der Waals surface area contributed by atoms with Crippen LogP contribution in [0.2, 0.25) is 0 Å². The van der Waals surface area contributed by atoms with Crippen molar-refractivity contribution >= 4 is 5.57 Å². The number of unbranched alkanes of at least 4 members (excludes halogenated alkanes) is 3. The smallest absolute Gasteiger partial charge is 0.0150 e. The van der Waals surface area contributed by atoms with Gasteiger partial charge in [-0.1, -0.05) is 152 Å². The molecule has 2 aromatic carbocycles. The lowest BCUT2D eigenvalue weighted by Gasteiger charge is -2.17. The zero-order chi connectivity index (χ0) is 33.2. The second-order valence-electron chi connectivity index (χ2n) is 11.6. The molecule has 0 spiro atoms. The third kappa shape index (κ3) is 20.6. The van der Waals surface area contributed by atoms with E-state index in [0.29, 0.717) is 5.92 Å². The second-order valence-corrected chi connectivity index (χ2v) is 11.6. The van der Waals surface area contributed by atoms with E-state index in [9.17, 15) is 0 Å². The molecule has 2 aromatic rings. The summed E-state index contributed by atoms with van der Waals surface area (Å²) in [5, 5.41) is 0. The summed E-state index contributed by atoms with van der Waals surface area (Å²) in [5.41, 5.74) is 12.0. The molecule has 0 aliphatic rings. The normalized spacial score (nSPS) is 11.2. The molecule has 0 bridgehead atoms. The average Bonchev–Trinajstić information content (AvgIpc) is 3.00. The van der Waals surface area contributed by atoms with Crippen LogP contribution in [0.4, 0.5) is 0 Å². The summed E-state index contributed by atoms with van der Waals surface area (Å²) >= 11 is 0. The molecule has 1 unspecified atom stereocenters. The van der Waals surface area contributed by atoms with E-state index in [0.717, 1.165) is 18.4 Å². The molecule has 0 saturated heterocycles. The van der Waals surface area contributed by atoms with Crippen molar-refractivity contribution < 1.29 is 0 Å². The number of allylic oxidation sites excluding steroid dienone is 8. The Bertz CT molecular complexity index is 1110. The maximum absolute atomic E-state index is 4.40. The summed E-state index contributed by atoms with van der Waals surface area (Å²) in [6.45, 7) is 33.8. The van der Waals surface area contributed by atoms with Gasteiger partial charge in [0.15, 0.2) is 0 Å². The van der Waals surface area contributed by atoms with E-state index in [2.05, 4.69) is 142 Å². The first-order valence-electron chi connectivity index (χ1n) is 17.0. The van der Waals surface area contributed by atoms with E-state index in [1.165, 1.54) is 83.1 Å². The van der Waals surface area contributed by atoms with Gasteiger partial charge in [-0.2, -0.15) is 0 Å². The summed E-state index contributed by atoms with van der Waals surface area (Å²) in [7, 11) is 0. The maximum atomic E-state index is 4.40. The standard InChI is InChI=1S/C24H32.C10H16.C7H14.C2H6/c1-6-8-12-23-13-14-24(16-19(23)4)20(5)18(3)15-22-11-9-10-21(7-2)17-22;1-8(2)6-7-10(5)9(3)4;1-3-5-7-6-4-2;1-2/h9-11,13-14,16-18H,5-8,12,15H2,1-4H3;6-7H,3H2,1-2,4-5H3;3,5H,4,6-7H2,1-2H3;1-2H3/b;10-7+;5-3-;. The lowest BCUT2D eigenvalue weighted by atomic mass is 9.88. The Balaban J connectivity index is 0. The molecule has 2 rings (SSSR count). The van der Waals surface area contributed by atoms with Crippen molar-refractivity contribution in [3.05, 3.63) is 124 Å². The molecule has 0 aliphatic carbocycles. The Labute approximate surface area is 269 Å². The molecule has 0 aliphatic heterocycles. The van der Waals surface area contributed by atoms with Gasteiger partial charge >= 0.3 is 0 Å². The fraction of sp³-hybridized carbons (Fsp3) is 0.488. The van der Waals surface area contributed by atoms with E-state index in [4.69, 9.17) is 0 Å². The van der Waals surface area contributed by atoms with Crippen LogP contribution in [0, 0.1) is 12.8 Å². The van der Waals surface area contributed by atoms with Gasteiger partial charge in [-0.15, -0.1) is 0 Å². The fourth-order valence-electron chi connectivity index (χ4n) is 4.20. The van der Waals surface area contributed by atoms with Crippen molar-refractivity contribution in [2.45, 2.75) is 134 Å². The third-order valence-electron chi connectivity index (χ3n) is 7.35. The minimum atomic E-state index is 0.456. The Morgan fingerprint density at radius 2 is 1.47 bits per heavy atom. The highest BCUT2D eigenvalue weighted by atomic mass is 14.2. The van der Waals surface area contributed by atoms with Gasteiger partial charge in [0, 0.05) is 0 Å². The van der Waals surface area contributed by atoms with Crippen molar-refractivity contribution in [1.82, 2.24) is 0 Å². The van der Waals surface area contributed by atoms with E-state index < -0.39 is 0 Å². The topological polar surface area (TPSA) is 0 Å². The Hall–Kier alpha value is -2.86. The van der Waals surface area contributed by atoms with Gasteiger partial charge < -0.3 is 0 Å². The van der Waals surface area contributed by atoms with Crippen molar-refractivity contribution in [2.24, 2.45) is 5.92 Å². The Morgan fingerprint density at radius 1 is 0.837 bits per heavy atom. The summed E-state index contributed by atoms with van der Waals surface area (Å²) < 4.78 is 0. The van der Waals surface area contributed by atoms with Crippen LogP contribution in [0.25, 0.3) is 5.57 Å². The van der Waals surface area contributed by atoms with Crippen molar-refractivity contribution in [1.29, 1.82) is 0 Å². The summed E-state index contributed by atoms with van der Waals surface area (Å²) in [5.74, 6) is 0.456. The summed E-state index contributed by atoms with van der Waals surface area (Å²) in [4.78, 5) is 0. The second kappa shape index (κ2) is 26.7. The van der Waals surface area contributed by atoms with Crippen molar-refractivity contribution in [3.8, 4) is 0 Å². The molecule has 0 saturated carbocycles. The van der Waals surface area contributed by atoms with Gasteiger partial charge in [0.2, 0.25) is 0 Å². The Kier molecular flexibility index (Phi) is 26.3. The van der Waals surface area contributed by atoms with Gasteiger partial charge in [-0.25, -0.2) is 0 Å². The molecular weight excluding hydrogens is 516 g/mol. The molecule has 0 heteroatoms. The predicted molar refractivity (Wildman–Crippen MR) is 201 cm³/mol. The molecule has 0 N–H and O–H groups in total. The summed E-state index contributed by atoms with van der Waals surface area (Å²) in [6, 6.07) is 15.9. The highest BCUT2D eigenvalue weighted by molar-refractivity contribution is 5.66.